The summed E-state index contributed by atoms with van der Waals surface area (Å²) in [4.78, 5) is 33.4. The lowest BCUT2D eigenvalue weighted by molar-refractivity contribution is 0.0579. The molecule has 1 fully saturated rings. The van der Waals surface area contributed by atoms with Crippen molar-refractivity contribution >= 4 is 18.0 Å². The second kappa shape index (κ2) is 11.2. The minimum Gasteiger partial charge on any atom is -0.445 e. The van der Waals surface area contributed by atoms with E-state index in [-0.39, 0.29) is 18.7 Å². The molecule has 33 heavy (non-hydrogen) atoms. The van der Waals surface area contributed by atoms with Crippen LogP contribution in [-0.4, -0.2) is 40.8 Å². The van der Waals surface area contributed by atoms with Crippen LogP contribution >= 0.6 is 0 Å². The van der Waals surface area contributed by atoms with Gasteiger partial charge in [-0.15, -0.1) is 0 Å². The van der Waals surface area contributed by atoms with Crippen LogP contribution in [-0.2, 0) is 16.1 Å². The van der Waals surface area contributed by atoms with Gasteiger partial charge in [0.2, 0.25) is 0 Å². The van der Waals surface area contributed by atoms with Gasteiger partial charge in [0, 0.05) is 19.3 Å². The van der Waals surface area contributed by atoms with Crippen molar-refractivity contribution in [1.82, 2.24) is 9.88 Å². The first kappa shape index (κ1) is 24.6. The molecular formula is C26H35N3O4. The van der Waals surface area contributed by atoms with Gasteiger partial charge in [0.1, 0.15) is 18.0 Å². The topological polar surface area (TPSA) is 72.0 Å². The van der Waals surface area contributed by atoms with Gasteiger partial charge in [-0.3, -0.25) is 4.90 Å². The molecule has 0 N–H and O–H groups in total. The first-order valence-electron chi connectivity index (χ1n) is 11.7. The Hall–Kier alpha value is -3.09. The third-order valence-corrected chi connectivity index (χ3v) is 5.44. The molecule has 1 saturated heterocycles. The number of anilines is 1. The lowest BCUT2D eigenvalue weighted by Crippen LogP contribution is -2.39. The Kier molecular flexibility index (Phi) is 8.31. The highest BCUT2D eigenvalue weighted by Gasteiger charge is 2.30. The minimum atomic E-state index is -0.578. The molecule has 2 amide bonds. The van der Waals surface area contributed by atoms with E-state index in [1.165, 1.54) is 0 Å². The van der Waals surface area contributed by atoms with Gasteiger partial charge in [0.25, 0.3) is 0 Å². The zero-order chi connectivity index (χ0) is 23.8. The van der Waals surface area contributed by atoms with Gasteiger partial charge in [0.05, 0.1) is 6.04 Å². The van der Waals surface area contributed by atoms with E-state index in [1.807, 2.05) is 70.2 Å². The summed E-state index contributed by atoms with van der Waals surface area (Å²) in [6.07, 6.45) is 4.66. The Bertz CT molecular complexity index is 909. The quantitative estimate of drug-likeness (QED) is 0.529. The van der Waals surface area contributed by atoms with E-state index >= 15 is 0 Å². The second-order valence-electron chi connectivity index (χ2n) is 9.33. The van der Waals surface area contributed by atoms with E-state index in [4.69, 9.17) is 9.47 Å². The molecule has 0 saturated carbocycles. The highest BCUT2D eigenvalue weighted by molar-refractivity contribution is 5.86. The molecule has 0 bridgehead atoms. The molecule has 1 aromatic carbocycles. The van der Waals surface area contributed by atoms with Crippen LogP contribution in [0.4, 0.5) is 15.4 Å². The maximum atomic E-state index is 12.9. The molecule has 1 aromatic heterocycles. The minimum absolute atomic E-state index is 0.0928. The molecule has 1 aliphatic rings. The molecule has 2 aromatic rings. The van der Waals surface area contributed by atoms with E-state index in [9.17, 15) is 9.59 Å². The van der Waals surface area contributed by atoms with Gasteiger partial charge in [-0.1, -0.05) is 43.3 Å². The van der Waals surface area contributed by atoms with Crippen molar-refractivity contribution < 1.29 is 19.1 Å². The van der Waals surface area contributed by atoms with Crippen LogP contribution in [0.1, 0.15) is 70.5 Å². The van der Waals surface area contributed by atoms with Crippen LogP contribution in [0, 0.1) is 0 Å². The molecule has 2 heterocycles. The number of rotatable bonds is 6. The first-order valence-corrected chi connectivity index (χ1v) is 11.7. The predicted octanol–water partition coefficient (Wildman–Crippen LogP) is 6.10. The second-order valence-corrected chi connectivity index (χ2v) is 9.33. The van der Waals surface area contributed by atoms with Crippen molar-refractivity contribution in [3.05, 3.63) is 59.8 Å². The smallest absolute Gasteiger partial charge is 0.416 e. The lowest BCUT2D eigenvalue weighted by Gasteiger charge is -2.35. The molecule has 0 spiro atoms. The van der Waals surface area contributed by atoms with E-state index < -0.39 is 11.7 Å². The Morgan fingerprint density at radius 1 is 1.12 bits per heavy atom. The van der Waals surface area contributed by atoms with Gasteiger partial charge in [-0.25, -0.2) is 14.6 Å². The van der Waals surface area contributed by atoms with E-state index in [0.717, 1.165) is 36.8 Å². The van der Waals surface area contributed by atoms with Crippen LogP contribution in [0.25, 0.3) is 0 Å². The van der Waals surface area contributed by atoms with Crippen LogP contribution in [0.3, 0.4) is 0 Å². The van der Waals surface area contributed by atoms with Gasteiger partial charge in [-0.05, 0) is 63.6 Å². The number of nitrogens with zero attached hydrogens (tertiary/aromatic N) is 3. The molecule has 3 rings (SSSR count). The van der Waals surface area contributed by atoms with Crippen molar-refractivity contribution in [2.24, 2.45) is 0 Å². The summed E-state index contributed by atoms with van der Waals surface area (Å²) in [7, 11) is 0. The van der Waals surface area contributed by atoms with Crippen molar-refractivity contribution in [2.45, 2.75) is 71.6 Å². The molecule has 7 nitrogen and oxygen atoms in total. The van der Waals surface area contributed by atoms with Crippen molar-refractivity contribution in [1.29, 1.82) is 0 Å². The number of hydrogen-bond acceptors (Lipinski definition) is 5. The fourth-order valence-electron chi connectivity index (χ4n) is 3.89. The number of piperidine rings is 1. The monoisotopic (exact) mass is 453 g/mol. The first-order chi connectivity index (χ1) is 15.8. The SMILES string of the molecule is CCCN(C(=O)OC(C)(C)C)c1ccc([C@H]2CCCCN2C(=O)OCc2ccccc2)cn1. The fraction of sp³-hybridized carbons (Fsp3) is 0.500. The molecule has 0 radical (unpaired) electrons. The Labute approximate surface area is 196 Å². The Morgan fingerprint density at radius 3 is 2.52 bits per heavy atom. The molecule has 1 aliphatic heterocycles. The standard InChI is InChI=1S/C26H35N3O4/c1-5-16-29(25(31)33-26(2,3)4)23-15-14-21(18-27-23)22-13-9-10-17-28(22)24(30)32-19-20-11-7-6-8-12-20/h6-8,11-12,14-15,18,22H,5,9-10,13,16-17,19H2,1-4H3/t22-/m1/s1. The molecule has 7 heteroatoms. The average molecular weight is 454 g/mol. The number of carbonyl (C=O) groups is 2. The highest BCUT2D eigenvalue weighted by Crippen LogP contribution is 2.32. The molecular weight excluding hydrogens is 418 g/mol. The maximum absolute atomic E-state index is 12.9. The summed E-state index contributed by atoms with van der Waals surface area (Å²) >= 11 is 0. The maximum Gasteiger partial charge on any atom is 0.416 e. The Balaban J connectivity index is 1.71. The fourth-order valence-corrected chi connectivity index (χ4v) is 3.89. The third-order valence-electron chi connectivity index (χ3n) is 5.44. The number of aromatic nitrogens is 1. The van der Waals surface area contributed by atoms with Crippen molar-refractivity contribution in [3.63, 3.8) is 0 Å². The average Bonchev–Trinajstić information content (AvgIpc) is 2.80. The summed E-state index contributed by atoms with van der Waals surface area (Å²) < 4.78 is 11.1. The molecule has 1 atom stereocenters. The normalized spacial score (nSPS) is 16.2. The van der Waals surface area contributed by atoms with Gasteiger partial charge >= 0.3 is 12.2 Å². The Morgan fingerprint density at radius 2 is 1.88 bits per heavy atom. The predicted molar refractivity (Wildman–Crippen MR) is 128 cm³/mol. The number of amides is 2. The van der Waals surface area contributed by atoms with Crippen molar-refractivity contribution in [3.8, 4) is 0 Å². The number of likely N-dealkylation sites (tertiary alicyclic amines) is 1. The van der Waals surface area contributed by atoms with Gasteiger partial charge < -0.3 is 14.4 Å². The van der Waals surface area contributed by atoms with Gasteiger partial charge in [-0.2, -0.15) is 0 Å². The number of hydrogen-bond donors (Lipinski definition) is 0. The largest absolute Gasteiger partial charge is 0.445 e. The van der Waals surface area contributed by atoms with Crippen LogP contribution in [0.15, 0.2) is 48.7 Å². The summed E-state index contributed by atoms with van der Waals surface area (Å²) in [6, 6.07) is 13.4. The number of carbonyl (C=O) groups excluding carboxylic acids is 2. The molecule has 0 unspecified atom stereocenters. The summed E-state index contributed by atoms with van der Waals surface area (Å²) in [6.45, 7) is 8.97. The number of pyridine rings is 1. The summed E-state index contributed by atoms with van der Waals surface area (Å²) in [5, 5.41) is 0. The zero-order valence-corrected chi connectivity index (χ0v) is 20.1. The number of benzene rings is 1. The zero-order valence-electron chi connectivity index (χ0n) is 20.1. The molecule has 0 aliphatic carbocycles. The van der Waals surface area contributed by atoms with Crippen molar-refractivity contribution in [2.75, 3.05) is 18.0 Å². The lowest BCUT2D eigenvalue weighted by atomic mass is 9.97. The third kappa shape index (κ3) is 6.94. The van der Waals surface area contributed by atoms with E-state index in [1.54, 1.807) is 16.0 Å². The summed E-state index contributed by atoms with van der Waals surface area (Å²) in [5.74, 6) is 0.545. The number of ether oxygens (including phenoxy) is 2. The van der Waals surface area contributed by atoms with E-state index in [2.05, 4.69) is 4.98 Å². The molecule has 178 valence electrons. The van der Waals surface area contributed by atoms with Crippen LogP contribution < -0.4 is 4.90 Å². The summed E-state index contributed by atoms with van der Waals surface area (Å²) in [5.41, 5.74) is 1.32. The highest BCUT2D eigenvalue weighted by atomic mass is 16.6. The van der Waals surface area contributed by atoms with E-state index in [0.29, 0.717) is 18.9 Å². The van der Waals surface area contributed by atoms with Gasteiger partial charge in [0.15, 0.2) is 0 Å². The van der Waals surface area contributed by atoms with Crippen LogP contribution in [0.5, 0.6) is 0 Å². The van der Waals surface area contributed by atoms with Crippen LogP contribution in [0.2, 0.25) is 0 Å².